The number of nitrogens with zero attached hydrogens (tertiary/aromatic N) is 1. The Kier molecular flexibility index (Phi) is 6.79. The molecule has 2 amide bonds. The summed E-state index contributed by atoms with van der Waals surface area (Å²) in [6.45, 7) is 6.45. The largest absolute Gasteiger partial charge is 0.462 e. The Hall–Kier alpha value is -3.25. The lowest BCUT2D eigenvalue weighted by molar-refractivity contribution is 0.0526. The molecule has 1 heterocycles. The number of carbonyl (C=O) groups is 2. The van der Waals surface area contributed by atoms with Crippen LogP contribution in [0.4, 0.5) is 10.5 Å². The lowest BCUT2D eigenvalue weighted by atomic mass is 10.2. The number of esters is 1. The summed E-state index contributed by atoms with van der Waals surface area (Å²) in [5, 5.41) is 6.30. The lowest BCUT2D eigenvalue weighted by Crippen LogP contribution is -2.28. The highest BCUT2D eigenvalue weighted by Gasteiger charge is 2.12. The van der Waals surface area contributed by atoms with Crippen LogP contribution in [0.25, 0.3) is 5.69 Å². The zero-order valence-corrected chi connectivity index (χ0v) is 17.9. The van der Waals surface area contributed by atoms with E-state index in [0.717, 1.165) is 22.6 Å². The minimum atomic E-state index is -0.420. The molecule has 7 heteroatoms. The molecule has 0 aliphatic rings. The molecule has 0 saturated carbocycles. The van der Waals surface area contributed by atoms with Crippen molar-refractivity contribution in [2.45, 2.75) is 27.3 Å². The first-order valence-corrected chi connectivity index (χ1v) is 10.0. The number of ether oxygens (including phenoxy) is 1. The van der Waals surface area contributed by atoms with Gasteiger partial charge in [-0.1, -0.05) is 17.7 Å². The third kappa shape index (κ3) is 5.02. The zero-order valence-electron chi connectivity index (χ0n) is 17.2. The van der Waals surface area contributed by atoms with Crippen molar-refractivity contribution in [3.05, 3.63) is 82.1 Å². The van der Waals surface area contributed by atoms with E-state index in [4.69, 9.17) is 16.3 Å². The van der Waals surface area contributed by atoms with E-state index in [1.807, 2.05) is 44.2 Å². The van der Waals surface area contributed by atoms with E-state index in [1.54, 1.807) is 31.2 Å². The van der Waals surface area contributed by atoms with E-state index in [2.05, 4.69) is 15.2 Å². The molecule has 30 heavy (non-hydrogen) atoms. The van der Waals surface area contributed by atoms with Crippen LogP contribution in [0.2, 0.25) is 5.02 Å². The highest BCUT2D eigenvalue weighted by molar-refractivity contribution is 6.30. The third-order valence-electron chi connectivity index (χ3n) is 4.69. The van der Waals surface area contributed by atoms with Crippen molar-refractivity contribution in [2.75, 3.05) is 11.9 Å². The summed E-state index contributed by atoms with van der Waals surface area (Å²) < 4.78 is 7.11. The van der Waals surface area contributed by atoms with Gasteiger partial charge in [0.05, 0.1) is 12.2 Å². The number of aryl methyl sites for hydroxylation is 1. The minimum Gasteiger partial charge on any atom is -0.462 e. The van der Waals surface area contributed by atoms with Crippen molar-refractivity contribution >= 4 is 29.3 Å². The van der Waals surface area contributed by atoms with E-state index in [-0.39, 0.29) is 6.03 Å². The van der Waals surface area contributed by atoms with Crippen molar-refractivity contribution < 1.29 is 14.3 Å². The van der Waals surface area contributed by atoms with Gasteiger partial charge in [-0.3, -0.25) is 0 Å². The number of aromatic nitrogens is 1. The number of hydrogen-bond donors (Lipinski definition) is 2. The average molecular weight is 426 g/mol. The van der Waals surface area contributed by atoms with Crippen molar-refractivity contribution in [1.82, 2.24) is 9.88 Å². The first kappa shape index (κ1) is 21.5. The van der Waals surface area contributed by atoms with Crippen LogP contribution in [-0.2, 0) is 11.3 Å². The van der Waals surface area contributed by atoms with Crippen LogP contribution in [-0.4, -0.2) is 23.2 Å². The van der Waals surface area contributed by atoms with E-state index in [0.29, 0.717) is 29.4 Å². The number of rotatable bonds is 6. The van der Waals surface area contributed by atoms with Gasteiger partial charge in [-0.05, 0) is 74.9 Å². The molecule has 0 saturated heterocycles. The molecule has 156 valence electrons. The smallest absolute Gasteiger partial charge is 0.338 e. The van der Waals surface area contributed by atoms with Gasteiger partial charge in [0.1, 0.15) is 0 Å². The van der Waals surface area contributed by atoms with E-state index >= 15 is 0 Å². The van der Waals surface area contributed by atoms with E-state index in [1.165, 1.54) is 0 Å². The van der Waals surface area contributed by atoms with E-state index < -0.39 is 5.97 Å². The van der Waals surface area contributed by atoms with Gasteiger partial charge in [0.2, 0.25) is 0 Å². The number of amides is 2. The first-order chi connectivity index (χ1) is 14.4. The summed E-state index contributed by atoms with van der Waals surface area (Å²) in [6.07, 6.45) is 0. The molecule has 3 rings (SSSR count). The molecule has 0 unspecified atom stereocenters. The van der Waals surface area contributed by atoms with Crippen LogP contribution >= 0.6 is 11.6 Å². The number of nitrogens with one attached hydrogen (secondary N) is 2. The predicted molar refractivity (Wildman–Crippen MR) is 119 cm³/mol. The fourth-order valence-electron chi connectivity index (χ4n) is 3.28. The fraction of sp³-hybridized carbons (Fsp3) is 0.217. The van der Waals surface area contributed by atoms with Crippen LogP contribution in [0.1, 0.15) is 34.2 Å². The molecule has 0 atom stereocenters. The Morgan fingerprint density at radius 2 is 1.80 bits per heavy atom. The number of halogens is 1. The molecule has 2 N–H and O–H groups in total. The van der Waals surface area contributed by atoms with Crippen LogP contribution in [0, 0.1) is 13.8 Å². The number of carbonyl (C=O) groups excluding carboxylic acids is 2. The summed E-state index contributed by atoms with van der Waals surface area (Å²) in [5.74, 6) is -0.420. The predicted octanol–water partition coefficient (Wildman–Crippen LogP) is 5.25. The van der Waals surface area contributed by atoms with Gasteiger partial charge in [-0.25, -0.2) is 9.59 Å². The first-order valence-electron chi connectivity index (χ1n) is 9.65. The maximum absolute atomic E-state index is 12.3. The summed E-state index contributed by atoms with van der Waals surface area (Å²) in [7, 11) is 0. The van der Waals surface area contributed by atoms with Gasteiger partial charge in [-0.2, -0.15) is 0 Å². The maximum Gasteiger partial charge on any atom is 0.338 e. The van der Waals surface area contributed by atoms with E-state index in [9.17, 15) is 9.59 Å². The topological polar surface area (TPSA) is 72.4 Å². The highest BCUT2D eigenvalue weighted by Crippen LogP contribution is 2.22. The molecule has 0 aliphatic carbocycles. The third-order valence-corrected chi connectivity index (χ3v) is 4.94. The summed E-state index contributed by atoms with van der Waals surface area (Å²) in [5.41, 5.74) is 5.04. The molecule has 0 radical (unpaired) electrons. The molecule has 1 aromatic heterocycles. The summed E-state index contributed by atoms with van der Waals surface area (Å²) >= 11 is 5.99. The van der Waals surface area contributed by atoms with Crippen molar-refractivity contribution in [3.63, 3.8) is 0 Å². The van der Waals surface area contributed by atoms with Crippen molar-refractivity contribution in [3.8, 4) is 5.69 Å². The average Bonchev–Trinajstić information content (AvgIpc) is 3.01. The number of hydrogen-bond acceptors (Lipinski definition) is 3. The van der Waals surface area contributed by atoms with Gasteiger partial charge < -0.3 is 19.9 Å². The molecular formula is C23H24ClN3O3. The van der Waals surface area contributed by atoms with Gasteiger partial charge in [0, 0.05) is 34.3 Å². The number of urea groups is 1. The summed E-state index contributed by atoms with van der Waals surface area (Å²) in [6, 6.07) is 16.0. The molecular weight excluding hydrogens is 402 g/mol. The Labute approximate surface area is 180 Å². The molecule has 0 bridgehead atoms. The molecule has 0 fully saturated rings. The lowest BCUT2D eigenvalue weighted by Gasteiger charge is -2.11. The van der Waals surface area contributed by atoms with Crippen LogP contribution in [0.15, 0.2) is 54.6 Å². The molecule has 0 aliphatic heterocycles. The molecule has 6 nitrogen and oxygen atoms in total. The fourth-order valence-corrected chi connectivity index (χ4v) is 3.41. The maximum atomic E-state index is 12.3. The Morgan fingerprint density at radius 1 is 1.07 bits per heavy atom. The van der Waals surface area contributed by atoms with Crippen molar-refractivity contribution in [1.29, 1.82) is 0 Å². The van der Waals surface area contributed by atoms with Gasteiger partial charge >= 0.3 is 12.0 Å². The van der Waals surface area contributed by atoms with Gasteiger partial charge in [0.25, 0.3) is 0 Å². The van der Waals surface area contributed by atoms with Crippen LogP contribution < -0.4 is 10.6 Å². The quantitative estimate of drug-likeness (QED) is 0.530. The van der Waals surface area contributed by atoms with Crippen LogP contribution in [0.5, 0.6) is 0 Å². The SMILES string of the molecule is CCOC(=O)c1cccc(NC(=O)NCc2cc(C)n(-c3ccc(Cl)cc3)c2C)c1. The second kappa shape index (κ2) is 9.50. The Morgan fingerprint density at radius 3 is 2.50 bits per heavy atom. The van der Waals surface area contributed by atoms with Gasteiger partial charge in [-0.15, -0.1) is 0 Å². The number of anilines is 1. The molecule has 3 aromatic rings. The zero-order chi connectivity index (χ0) is 21.7. The number of benzene rings is 2. The molecule has 0 spiro atoms. The second-order valence-corrected chi connectivity index (χ2v) is 7.25. The minimum absolute atomic E-state index is 0.297. The highest BCUT2D eigenvalue weighted by atomic mass is 35.5. The normalized spacial score (nSPS) is 10.5. The molecule has 2 aromatic carbocycles. The Bertz CT molecular complexity index is 1060. The van der Waals surface area contributed by atoms with Crippen molar-refractivity contribution in [2.24, 2.45) is 0 Å². The van der Waals surface area contributed by atoms with Crippen LogP contribution in [0.3, 0.4) is 0 Å². The van der Waals surface area contributed by atoms with Gasteiger partial charge in [0.15, 0.2) is 0 Å². The standard InChI is InChI=1S/C23H24ClN3O3/c1-4-30-22(28)17-6-5-7-20(13-17)26-23(29)25-14-18-12-15(2)27(16(18)3)21-10-8-19(24)9-11-21/h5-13H,4,14H2,1-3H3,(H2,25,26,29). The summed E-state index contributed by atoms with van der Waals surface area (Å²) in [4.78, 5) is 24.2. The second-order valence-electron chi connectivity index (χ2n) is 6.82. The monoisotopic (exact) mass is 425 g/mol. The Balaban J connectivity index is 1.66.